The number of rotatable bonds is 4. The molecular weight excluding hydrogens is 222 g/mol. The van der Waals surface area contributed by atoms with Crippen LogP contribution < -0.4 is 5.73 Å². The summed E-state index contributed by atoms with van der Waals surface area (Å²) in [5.41, 5.74) is 11.0. The molecule has 1 aromatic carbocycles. The van der Waals surface area contributed by atoms with E-state index in [1.807, 2.05) is 16.8 Å². The van der Waals surface area contributed by atoms with Crippen LogP contribution in [0.5, 0.6) is 0 Å². The molecule has 0 saturated heterocycles. The highest BCUT2D eigenvalue weighted by atomic mass is 15.3. The van der Waals surface area contributed by atoms with Crippen LogP contribution in [0.25, 0.3) is 0 Å². The van der Waals surface area contributed by atoms with E-state index in [1.165, 1.54) is 11.1 Å². The van der Waals surface area contributed by atoms with E-state index in [2.05, 4.69) is 44.1 Å². The van der Waals surface area contributed by atoms with Crippen molar-refractivity contribution in [2.75, 3.05) is 0 Å². The van der Waals surface area contributed by atoms with Crippen molar-refractivity contribution in [3.63, 3.8) is 0 Å². The lowest BCUT2D eigenvalue weighted by Crippen LogP contribution is -2.18. The van der Waals surface area contributed by atoms with E-state index in [9.17, 15) is 0 Å². The molecule has 0 fully saturated rings. The lowest BCUT2D eigenvalue weighted by molar-refractivity contribution is 0.594. The molecular formula is C15H21N3. The monoisotopic (exact) mass is 243 g/mol. The van der Waals surface area contributed by atoms with Gasteiger partial charge >= 0.3 is 0 Å². The Morgan fingerprint density at radius 1 is 1.28 bits per heavy atom. The van der Waals surface area contributed by atoms with E-state index in [1.54, 1.807) is 0 Å². The quantitative estimate of drug-likeness (QED) is 0.897. The summed E-state index contributed by atoms with van der Waals surface area (Å²) >= 11 is 0. The maximum Gasteiger partial charge on any atom is 0.0725 e. The van der Waals surface area contributed by atoms with Crippen LogP contribution in [-0.2, 0) is 13.0 Å². The van der Waals surface area contributed by atoms with Crippen LogP contribution in [-0.4, -0.2) is 9.78 Å². The topological polar surface area (TPSA) is 43.8 Å². The smallest absolute Gasteiger partial charge is 0.0725 e. The van der Waals surface area contributed by atoms with Gasteiger partial charge in [0, 0.05) is 6.54 Å². The SMILES string of the molecule is CCc1cc(C(N)c2ccccc2C)n(CC)n1. The van der Waals surface area contributed by atoms with Gasteiger partial charge in [-0.1, -0.05) is 31.2 Å². The van der Waals surface area contributed by atoms with Gasteiger partial charge in [-0.05, 0) is 37.5 Å². The van der Waals surface area contributed by atoms with Gasteiger partial charge in [0.25, 0.3) is 0 Å². The average molecular weight is 243 g/mol. The Morgan fingerprint density at radius 2 is 2.00 bits per heavy atom. The van der Waals surface area contributed by atoms with E-state index < -0.39 is 0 Å². The Balaban J connectivity index is 2.42. The Bertz CT molecular complexity index is 528. The molecule has 0 bridgehead atoms. The second kappa shape index (κ2) is 5.36. The maximum absolute atomic E-state index is 6.40. The van der Waals surface area contributed by atoms with Gasteiger partial charge in [-0.2, -0.15) is 5.10 Å². The lowest BCUT2D eigenvalue weighted by atomic mass is 9.99. The zero-order valence-electron chi connectivity index (χ0n) is 11.4. The third kappa shape index (κ3) is 2.31. The second-order valence-electron chi connectivity index (χ2n) is 4.56. The normalized spacial score (nSPS) is 12.7. The molecule has 1 heterocycles. The van der Waals surface area contributed by atoms with Gasteiger partial charge in [-0.25, -0.2) is 0 Å². The number of hydrogen-bond acceptors (Lipinski definition) is 2. The zero-order chi connectivity index (χ0) is 13.1. The number of benzene rings is 1. The van der Waals surface area contributed by atoms with Crippen molar-refractivity contribution in [3.05, 3.63) is 52.8 Å². The van der Waals surface area contributed by atoms with Gasteiger partial charge in [0.2, 0.25) is 0 Å². The minimum Gasteiger partial charge on any atom is -0.319 e. The third-order valence-corrected chi connectivity index (χ3v) is 3.37. The van der Waals surface area contributed by atoms with Crippen molar-refractivity contribution in [3.8, 4) is 0 Å². The fourth-order valence-electron chi connectivity index (χ4n) is 2.26. The summed E-state index contributed by atoms with van der Waals surface area (Å²) in [7, 11) is 0. The van der Waals surface area contributed by atoms with Crippen LogP contribution in [0.1, 0.15) is 42.4 Å². The Kier molecular flexibility index (Phi) is 3.82. The average Bonchev–Trinajstić information content (AvgIpc) is 2.82. The molecule has 0 saturated carbocycles. The molecule has 0 amide bonds. The summed E-state index contributed by atoms with van der Waals surface area (Å²) in [6, 6.07) is 10.3. The Labute approximate surface area is 109 Å². The Morgan fingerprint density at radius 3 is 2.61 bits per heavy atom. The molecule has 96 valence electrons. The molecule has 1 unspecified atom stereocenters. The van der Waals surface area contributed by atoms with Crippen LogP contribution >= 0.6 is 0 Å². The van der Waals surface area contributed by atoms with Crippen molar-refractivity contribution in [2.24, 2.45) is 5.73 Å². The molecule has 0 aliphatic heterocycles. The summed E-state index contributed by atoms with van der Waals surface area (Å²) in [5, 5.41) is 4.56. The van der Waals surface area contributed by atoms with Gasteiger partial charge in [-0.15, -0.1) is 0 Å². The Hall–Kier alpha value is -1.61. The van der Waals surface area contributed by atoms with Crippen LogP contribution in [0.15, 0.2) is 30.3 Å². The first-order valence-corrected chi connectivity index (χ1v) is 6.55. The fourth-order valence-corrected chi connectivity index (χ4v) is 2.26. The van der Waals surface area contributed by atoms with Crippen molar-refractivity contribution in [1.29, 1.82) is 0 Å². The summed E-state index contributed by atoms with van der Waals surface area (Å²) in [6.07, 6.45) is 0.945. The number of aromatic nitrogens is 2. The second-order valence-corrected chi connectivity index (χ2v) is 4.56. The fraction of sp³-hybridized carbons (Fsp3) is 0.400. The van der Waals surface area contributed by atoms with E-state index in [0.29, 0.717) is 0 Å². The first kappa shape index (κ1) is 12.8. The van der Waals surface area contributed by atoms with Crippen molar-refractivity contribution < 1.29 is 0 Å². The van der Waals surface area contributed by atoms with Gasteiger partial charge in [0.05, 0.1) is 17.4 Å². The van der Waals surface area contributed by atoms with Gasteiger partial charge in [-0.3, -0.25) is 4.68 Å². The van der Waals surface area contributed by atoms with Crippen molar-refractivity contribution in [1.82, 2.24) is 9.78 Å². The molecule has 2 N–H and O–H groups in total. The van der Waals surface area contributed by atoms with Crippen LogP contribution in [0.3, 0.4) is 0 Å². The third-order valence-electron chi connectivity index (χ3n) is 3.37. The van der Waals surface area contributed by atoms with E-state index in [4.69, 9.17) is 5.73 Å². The van der Waals surface area contributed by atoms with Crippen LogP contribution in [0.4, 0.5) is 0 Å². The predicted molar refractivity (Wildman–Crippen MR) is 74.5 cm³/mol. The van der Waals surface area contributed by atoms with E-state index in [0.717, 1.165) is 24.4 Å². The number of hydrogen-bond donors (Lipinski definition) is 1. The molecule has 2 rings (SSSR count). The zero-order valence-corrected chi connectivity index (χ0v) is 11.4. The summed E-state index contributed by atoms with van der Waals surface area (Å²) in [4.78, 5) is 0. The molecule has 1 aromatic heterocycles. The summed E-state index contributed by atoms with van der Waals surface area (Å²) in [5.74, 6) is 0. The molecule has 3 heteroatoms. The van der Waals surface area contributed by atoms with Crippen molar-refractivity contribution >= 4 is 0 Å². The highest BCUT2D eigenvalue weighted by Crippen LogP contribution is 2.23. The minimum absolute atomic E-state index is 0.0982. The molecule has 18 heavy (non-hydrogen) atoms. The highest BCUT2D eigenvalue weighted by molar-refractivity contribution is 5.34. The largest absolute Gasteiger partial charge is 0.319 e. The molecule has 2 aromatic rings. The van der Waals surface area contributed by atoms with E-state index in [-0.39, 0.29) is 6.04 Å². The predicted octanol–water partition coefficient (Wildman–Crippen LogP) is 2.82. The highest BCUT2D eigenvalue weighted by Gasteiger charge is 2.16. The van der Waals surface area contributed by atoms with E-state index >= 15 is 0 Å². The molecule has 0 aliphatic carbocycles. The van der Waals surface area contributed by atoms with Crippen LogP contribution in [0, 0.1) is 6.92 Å². The standard InChI is InChI=1S/C15H21N3/c1-4-12-10-14(18(5-2)17-12)15(16)13-9-7-6-8-11(13)3/h6-10,15H,4-5,16H2,1-3H3. The molecule has 0 radical (unpaired) electrons. The molecule has 0 spiro atoms. The maximum atomic E-state index is 6.40. The number of nitrogens with two attached hydrogens (primary N) is 1. The first-order chi connectivity index (χ1) is 8.67. The van der Waals surface area contributed by atoms with Gasteiger partial charge < -0.3 is 5.73 Å². The first-order valence-electron chi connectivity index (χ1n) is 6.55. The summed E-state index contributed by atoms with van der Waals surface area (Å²) in [6.45, 7) is 7.17. The number of nitrogens with zero attached hydrogens (tertiary/aromatic N) is 2. The lowest BCUT2D eigenvalue weighted by Gasteiger charge is -2.15. The molecule has 1 atom stereocenters. The molecule has 0 aliphatic rings. The van der Waals surface area contributed by atoms with Gasteiger partial charge in [0.1, 0.15) is 0 Å². The van der Waals surface area contributed by atoms with Crippen LogP contribution in [0.2, 0.25) is 0 Å². The summed E-state index contributed by atoms with van der Waals surface area (Å²) < 4.78 is 2.01. The van der Waals surface area contributed by atoms with Crippen molar-refractivity contribution in [2.45, 2.75) is 39.8 Å². The minimum atomic E-state index is -0.0982. The van der Waals surface area contributed by atoms with Gasteiger partial charge in [0.15, 0.2) is 0 Å². The number of aryl methyl sites for hydroxylation is 3. The molecule has 3 nitrogen and oxygen atoms in total.